The van der Waals surface area contributed by atoms with Gasteiger partial charge in [0.25, 0.3) is 0 Å². The fourth-order valence-electron chi connectivity index (χ4n) is 2.44. The number of methoxy groups -OCH3 is 1. The third-order valence-corrected chi connectivity index (χ3v) is 3.52. The van der Waals surface area contributed by atoms with E-state index in [4.69, 9.17) is 9.47 Å². The summed E-state index contributed by atoms with van der Waals surface area (Å²) in [5.41, 5.74) is 2.24. The third-order valence-electron chi connectivity index (χ3n) is 3.52. The van der Waals surface area contributed by atoms with Gasteiger partial charge in [0.1, 0.15) is 11.5 Å². The van der Waals surface area contributed by atoms with Gasteiger partial charge in [-0.1, -0.05) is 12.1 Å². The molecule has 0 radical (unpaired) electrons. The molecule has 2 aromatic rings. The van der Waals surface area contributed by atoms with Gasteiger partial charge in [-0.2, -0.15) is 0 Å². The summed E-state index contributed by atoms with van der Waals surface area (Å²) in [6, 6.07) is 12.3. The van der Waals surface area contributed by atoms with Crippen LogP contribution in [0.25, 0.3) is 0 Å². The maximum Gasteiger partial charge on any atom is 0.127 e. The Labute approximate surface area is 118 Å². The summed E-state index contributed by atoms with van der Waals surface area (Å²) < 4.78 is 10.9. The lowest BCUT2D eigenvalue weighted by Crippen LogP contribution is -2.27. The van der Waals surface area contributed by atoms with Gasteiger partial charge in [-0.15, -0.1) is 0 Å². The molecule has 4 nitrogen and oxygen atoms in total. The van der Waals surface area contributed by atoms with Gasteiger partial charge in [0, 0.05) is 36.8 Å². The second-order valence-electron chi connectivity index (χ2n) is 4.80. The highest BCUT2D eigenvalue weighted by Crippen LogP contribution is 2.34. The van der Waals surface area contributed by atoms with E-state index in [0.29, 0.717) is 6.04 Å². The Balaban J connectivity index is 1.73. The summed E-state index contributed by atoms with van der Waals surface area (Å²) in [7, 11) is 1.67. The zero-order valence-corrected chi connectivity index (χ0v) is 11.5. The van der Waals surface area contributed by atoms with Crippen molar-refractivity contribution in [2.45, 2.75) is 19.0 Å². The van der Waals surface area contributed by atoms with Crippen LogP contribution in [0, 0.1) is 0 Å². The SMILES string of the molecule is COc1ccc2c(c1)OCCC2NCc1ccccn1. The molecule has 1 N–H and O–H groups in total. The summed E-state index contributed by atoms with van der Waals surface area (Å²) in [5, 5.41) is 3.55. The van der Waals surface area contributed by atoms with Crippen LogP contribution in [0.5, 0.6) is 11.5 Å². The van der Waals surface area contributed by atoms with Gasteiger partial charge in [0.05, 0.1) is 19.4 Å². The molecule has 3 rings (SSSR count). The quantitative estimate of drug-likeness (QED) is 0.927. The Bertz CT molecular complexity index is 572. The summed E-state index contributed by atoms with van der Waals surface area (Å²) in [6.45, 7) is 1.48. The molecule has 1 aromatic carbocycles. The molecule has 4 heteroatoms. The number of nitrogens with one attached hydrogen (secondary N) is 1. The van der Waals surface area contributed by atoms with Crippen LogP contribution in [0.4, 0.5) is 0 Å². The van der Waals surface area contributed by atoms with Crippen molar-refractivity contribution in [1.29, 1.82) is 0 Å². The lowest BCUT2D eigenvalue weighted by molar-refractivity contribution is 0.250. The number of rotatable bonds is 4. The average molecular weight is 270 g/mol. The van der Waals surface area contributed by atoms with E-state index < -0.39 is 0 Å². The van der Waals surface area contributed by atoms with Crippen molar-refractivity contribution < 1.29 is 9.47 Å². The van der Waals surface area contributed by atoms with Crippen molar-refractivity contribution in [3.63, 3.8) is 0 Å². The monoisotopic (exact) mass is 270 g/mol. The van der Waals surface area contributed by atoms with E-state index in [1.54, 1.807) is 7.11 Å². The molecule has 1 aliphatic heterocycles. The number of nitrogens with zero attached hydrogens (tertiary/aromatic N) is 1. The predicted molar refractivity (Wildman–Crippen MR) is 76.9 cm³/mol. The molecular weight excluding hydrogens is 252 g/mol. The molecule has 20 heavy (non-hydrogen) atoms. The normalized spacial score (nSPS) is 17.1. The largest absolute Gasteiger partial charge is 0.497 e. The van der Waals surface area contributed by atoms with E-state index in [2.05, 4.69) is 16.4 Å². The highest BCUT2D eigenvalue weighted by Gasteiger charge is 2.21. The number of benzene rings is 1. The first-order valence-electron chi connectivity index (χ1n) is 6.81. The third kappa shape index (κ3) is 2.75. The van der Waals surface area contributed by atoms with Crippen molar-refractivity contribution in [3.05, 3.63) is 53.9 Å². The number of hydrogen-bond acceptors (Lipinski definition) is 4. The molecule has 0 spiro atoms. The van der Waals surface area contributed by atoms with Crippen molar-refractivity contribution in [2.24, 2.45) is 0 Å². The molecule has 0 saturated heterocycles. The first-order chi connectivity index (χ1) is 9.86. The van der Waals surface area contributed by atoms with Crippen LogP contribution in [0.1, 0.15) is 23.7 Å². The van der Waals surface area contributed by atoms with Crippen LogP contribution in [0.15, 0.2) is 42.6 Å². The minimum atomic E-state index is 0.298. The standard InChI is InChI=1S/C16H18N2O2/c1-19-13-5-6-14-15(7-9-20-16(14)10-13)18-11-12-4-2-3-8-17-12/h2-6,8,10,15,18H,7,9,11H2,1H3. The second-order valence-corrected chi connectivity index (χ2v) is 4.80. The Morgan fingerprint density at radius 3 is 3.10 bits per heavy atom. The van der Waals surface area contributed by atoms with Gasteiger partial charge in [-0.05, 0) is 18.2 Å². The summed E-state index contributed by atoms with van der Waals surface area (Å²) in [5.74, 6) is 1.74. The van der Waals surface area contributed by atoms with Crippen molar-refractivity contribution in [1.82, 2.24) is 10.3 Å². The molecule has 1 aliphatic rings. The van der Waals surface area contributed by atoms with Crippen molar-refractivity contribution in [3.8, 4) is 11.5 Å². The maximum atomic E-state index is 5.71. The van der Waals surface area contributed by atoms with Gasteiger partial charge in [0.2, 0.25) is 0 Å². The smallest absolute Gasteiger partial charge is 0.127 e. The topological polar surface area (TPSA) is 43.4 Å². The minimum absolute atomic E-state index is 0.298. The minimum Gasteiger partial charge on any atom is -0.497 e. The summed E-state index contributed by atoms with van der Waals surface area (Å²) in [4.78, 5) is 4.33. The van der Waals surface area contributed by atoms with Crippen LogP contribution in [-0.2, 0) is 6.54 Å². The molecule has 0 fully saturated rings. The number of ether oxygens (including phenoxy) is 2. The number of aromatic nitrogens is 1. The zero-order valence-electron chi connectivity index (χ0n) is 11.5. The number of fused-ring (bicyclic) bond motifs is 1. The van der Waals surface area contributed by atoms with Gasteiger partial charge in [-0.3, -0.25) is 4.98 Å². The predicted octanol–water partition coefficient (Wildman–Crippen LogP) is 2.70. The maximum absolute atomic E-state index is 5.71. The summed E-state index contributed by atoms with van der Waals surface area (Å²) >= 11 is 0. The molecule has 1 unspecified atom stereocenters. The van der Waals surface area contributed by atoms with Gasteiger partial charge in [-0.25, -0.2) is 0 Å². The molecule has 1 aromatic heterocycles. The van der Waals surface area contributed by atoms with Gasteiger partial charge in [0.15, 0.2) is 0 Å². The fourth-order valence-corrected chi connectivity index (χ4v) is 2.44. The molecule has 2 heterocycles. The Hall–Kier alpha value is -2.07. The van der Waals surface area contributed by atoms with E-state index >= 15 is 0 Å². The van der Waals surface area contributed by atoms with E-state index in [1.807, 2.05) is 36.5 Å². The fraction of sp³-hybridized carbons (Fsp3) is 0.312. The first kappa shape index (κ1) is 12.9. The zero-order chi connectivity index (χ0) is 13.8. The van der Waals surface area contributed by atoms with Crippen LogP contribution in [-0.4, -0.2) is 18.7 Å². The number of pyridine rings is 1. The van der Waals surface area contributed by atoms with E-state index in [0.717, 1.165) is 36.8 Å². The van der Waals surface area contributed by atoms with Crippen LogP contribution in [0.2, 0.25) is 0 Å². The van der Waals surface area contributed by atoms with Crippen molar-refractivity contribution in [2.75, 3.05) is 13.7 Å². The Morgan fingerprint density at radius 1 is 1.35 bits per heavy atom. The average Bonchev–Trinajstić information content (AvgIpc) is 2.53. The van der Waals surface area contributed by atoms with Crippen molar-refractivity contribution >= 4 is 0 Å². The molecule has 0 amide bonds. The Kier molecular flexibility index (Phi) is 3.83. The molecule has 0 bridgehead atoms. The van der Waals surface area contributed by atoms with Crippen LogP contribution >= 0.6 is 0 Å². The van der Waals surface area contributed by atoms with Crippen LogP contribution < -0.4 is 14.8 Å². The number of hydrogen-bond donors (Lipinski definition) is 1. The lowest BCUT2D eigenvalue weighted by atomic mass is 10.00. The lowest BCUT2D eigenvalue weighted by Gasteiger charge is -2.27. The molecule has 0 saturated carbocycles. The first-order valence-corrected chi connectivity index (χ1v) is 6.81. The molecule has 0 aliphatic carbocycles. The molecular formula is C16H18N2O2. The van der Waals surface area contributed by atoms with E-state index in [-0.39, 0.29) is 0 Å². The van der Waals surface area contributed by atoms with Gasteiger partial charge < -0.3 is 14.8 Å². The highest BCUT2D eigenvalue weighted by atomic mass is 16.5. The highest BCUT2D eigenvalue weighted by molar-refractivity contribution is 5.43. The van der Waals surface area contributed by atoms with E-state index in [9.17, 15) is 0 Å². The van der Waals surface area contributed by atoms with Crippen LogP contribution in [0.3, 0.4) is 0 Å². The molecule has 104 valence electrons. The summed E-state index contributed by atoms with van der Waals surface area (Å²) in [6.07, 6.45) is 2.78. The molecule has 1 atom stereocenters. The Morgan fingerprint density at radius 2 is 2.30 bits per heavy atom. The second kappa shape index (κ2) is 5.92. The van der Waals surface area contributed by atoms with Gasteiger partial charge >= 0.3 is 0 Å². The van der Waals surface area contributed by atoms with E-state index in [1.165, 1.54) is 5.56 Å².